The van der Waals surface area contributed by atoms with Crippen LogP contribution in [0.4, 0.5) is 0 Å². The van der Waals surface area contributed by atoms with Crippen molar-refractivity contribution in [3.63, 3.8) is 0 Å². The Kier molecular flexibility index (Phi) is 6.79. The van der Waals surface area contributed by atoms with E-state index < -0.39 is 0 Å². The number of hydrogen-bond donors (Lipinski definition) is 1. The van der Waals surface area contributed by atoms with Gasteiger partial charge in [-0.15, -0.1) is 0 Å². The molecule has 2 rings (SSSR count). The molecular formula is C19H30N4O. The van der Waals surface area contributed by atoms with E-state index in [1.807, 2.05) is 36.6 Å². The van der Waals surface area contributed by atoms with Gasteiger partial charge in [-0.3, -0.25) is 9.20 Å². The predicted molar refractivity (Wildman–Crippen MR) is 98.7 cm³/mol. The Morgan fingerprint density at radius 3 is 2.67 bits per heavy atom. The van der Waals surface area contributed by atoms with E-state index in [0.717, 1.165) is 55.8 Å². The van der Waals surface area contributed by atoms with Crippen molar-refractivity contribution in [2.45, 2.75) is 47.0 Å². The van der Waals surface area contributed by atoms with Gasteiger partial charge in [0.2, 0.25) is 0 Å². The maximum atomic E-state index is 12.6. The zero-order chi connectivity index (χ0) is 17.5. The fourth-order valence-corrected chi connectivity index (χ4v) is 3.02. The van der Waals surface area contributed by atoms with Crippen LogP contribution in [-0.4, -0.2) is 46.4 Å². The Morgan fingerprint density at radius 1 is 1.25 bits per heavy atom. The molecule has 0 aliphatic heterocycles. The number of aromatic nitrogens is 2. The summed E-state index contributed by atoms with van der Waals surface area (Å²) in [4.78, 5) is 19.7. The maximum absolute atomic E-state index is 12.6. The van der Waals surface area contributed by atoms with Crippen molar-refractivity contribution in [2.75, 3.05) is 26.2 Å². The van der Waals surface area contributed by atoms with Crippen molar-refractivity contribution < 1.29 is 4.79 Å². The molecule has 132 valence electrons. The molecular weight excluding hydrogens is 300 g/mol. The number of pyridine rings is 1. The van der Waals surface area contributed by atoms with E-state index >= 15 is 0 Å². The summed E-state index contributed by atoms with van der Waals surface area (Å²) >= 11 is 0. The standard InChI is InChI=1S/C19H30N4O/c1-5-16-17(23-14-10-11-15(4)18(23)21-16)19(24)20-12-8-9-13-22(6-2)7-3/h10-11,14H,5-9,12-13H2,1-4H3,(H,20,24). The number of amides is 1. The zero-order valence-corrected chi connectivity index (χ0v) is 15.4. The average molecular weight is 330 g/mol. The highest BCUT2D eigenvalue weighted by atomic mass is 16.1. The number of aryl methyl sites for hydroxylation is 2. The van der Waals surface area contributed by atoms with Gasteiger partial charge in [0.15, 0.2) is 0 Å². The van der Waals surface area contributed by atoms with Gasteiger partial charge in [-0.25, -0.2) is 4.98 Å². The summed E-state index contributed by atoms with van der Waals surface area (Å²) in [5, 5.41) is 3.06. The molecule has 2 aromatic heterocycles. The number of carbonyl (C=O) groups is 1. The second-order valence-corrected chi connectivity index (χ2v) is 6.14. The van der Waals surface area contributed by atoms with Gasteiger partial charge in [-0.05, 0) is 57.5 Å². The maximum Gasteiger partial charge on any atom is 0.270 e. The molecule has 2 heterocycles. The van der Waals surface area contributed by atoms with Gasteiger partial charge in [-0.2, -0.15) is 0 Å². The number of imidazole rings is 1. The topological polar surface area (TPSA) is 49.6 Å². The molecule has 0 aliphatic rings. The monoisotopic (exact) mass is 330 g/mol. The number of nitrogens with zero attached hydrogens (tertiary/aromatic N) is 3. The van der Waals surface area contributed by atoms with Gasteiger partial charge in [0.1, 0.15) is 11.3 Å². The van der Waals surface area contributed by atoms with Crippen LogP contribution in [0, 0.1) is 6.92 Å². The summed E-state index contributed by atoms with van der Waals surface area (Å²) in [6, 6.07) is 3.99. The van der Waals surface area contributed by atoms with Crippen molar-refractivity contribution in [1.29, 1.82) is 0 Å². The highest BCUT2D eigenvalue weighted by Gasteiger charge is 2.18. The van der Waals surface area contributed by atoms with Crippen LogP contribution in [0.5, 0.6) is 0 Å². The second-order valence-electron chi connectivity index (χ2n) is 6.14. The Balaban J connectivity index is 1.98. The lowest BCUT2D eigenvalue weighted by Gasteiger charge is -2.17. The molecule has 0 saturated heterocycles. The highest BCUT2D eigenvalue weighted by molar-refractivity contribution is 5.94. The summed E-state index contributed by atoms with van der Waals surface area (Å²) in [5.41, 5.74) is 3.51. The number of nitrogens with one attached hydrogen (secondary N) is 1. The van der Waals surface area contributed by atoms with Crippen LogP contribution in [0.15, 0.2) is 18.3 Å². The third-order valence-electron chi connectivity index (χ3n) is 4.55. The van der Waals surface area contributed by atoms with Crippen LogP contribution in [0.3, 0.4) is 0 Å². The summed E-state index contributed by atoms with van der Waals surface area (Å²) in [7, 11) is 0. The molecule has 5 heteroatoms. The molecule has 1 amide bonds. The molecule has 0 atom stereocenters. The van der Waals surface area contributed by atoms with Gasteiger partial charge in [0.05, 0.1) is 5.69 Å². The summed E-state index contributed by atoms with van der Waals surface area (Å²) in [6.45, 7) is 12.4. The first-order valence-corrected chi connectivity index (χ1v) is 9.09. The first-order valence-electron chi connectivity index (χ1n) is 9.09. The molecule has 0 spiro atoms. The van der Waals surface area contributed by atoms with Gasteiger partial charge in [0.25, 0.3) is 5.91 Å². The van der Waals surface area contributed by atoms with Crippen molar-refractivity contribution in [3.8, 4) is 0 Å². The summed E-state index contributed by atoms with van der Waals surface area (Å²) < 4.78 is 1.92. The van der Waals surface area contributed by atoms with E-state index in [1.54, 1.807) is 0 Å². The number of unbranched alkanes of at least 4 members (excludes halogenated alkanes) is 1. The molecule has 0 fully saturated rings. The SMILES string of the molecule is CCc1nc2c(C)cccn2c1C(=O)NCCCCN(CC)CC. The third kappa shape index (κ3) is 4.15. The fraction of sp³-hybridized carbons (Fsp3) is 0.579. The van der Waals surface area contributed by atoms with Crippen molar-refractivity contribution in [3.05, 3.63) is 35.3 Å². The van der Waals surface area contributed by atoms with Crippen LogP contribution in [0.1, 0.15) is 55.4 Å². The van der Waals surface area contributed by atoms with Crippen molar-refractivity contribution in [1.82, 2.24) is 19.6 Å². The average Bonchev–Trinajstić information content (AvgIpc) is 2.98. The lowest BCUT2D eigenvalue weighted by molar-refractivity contribution is 0.0945. The molecule has 5 nitrogen and oxygen atoms in total. The van der Waals surface area contributed by atoms with E-state index in [2.05, 4.69) is 29.0 Å². The molecule has 0 unspecified atom stereocenters. The minimum Gasteiger partial charge on any atom is -0.351 e. The van der Waals surface area contributed by atoms with Gasteiger partial charge in [-0.1, -0.05) is 26.8 Å². The van der Waals surface area contributed by atoms with Gasteiger partial charge < -0.3 is 10.2 Å². The Morgan fingerprint density at radius 2 is 2.00 bits per heavy atom. The third-order valence-corrected chi connectivity index (χ3v) is 4.55. The van der Waals surface area contributed by atoms with Crippen LogP contribution in [0.25, 0.3) is 5.65 Å². The largest absolute Gasteiger partial charge is 0.351 e. The molecule has 2 aromatic rings. The predicted octanol–water partition coefficient (Wildman–Crippen LogP) is 3.06. The number of rotatable bonds is 9. The molecule has 0 aromatic carbocycles. The number of hydrogen-bond acceptors (Lipinski definition) is 3. The molecule has 24 heavy (non-hydrogen) atoms. The Hall–Kier alpha value is -1.88. The lowest BCUT2D eigenvalue weighted by atomic mass is 10.2. The van der Waals surface area contributed by atoms with Crippen molar-refractivity contribution >= 4 is 11.6 Å². The minimum atomic E-state index is -0.0206. The van der Waals surface area contributed by atoms with Gasteiger partial charge >= 0.3 is 0 Å². The molecule has 0 saturated carbocycles. The Labute approximate surface area is 145 Å². The van der Waals surface area contributed by atoms with E-state index in [9.17, 15) is 4.79 Å². The Bertz CT molecular complexity index is 673. The normalized spacial score (nSPS) is 11.4. The minimum absolute atomic E-state index is 0.0206. The summed E-state index contributed by atoms with van der Waals surface area (Å²) in [6.07, 6.45) is 4.78. The molecule has 0 radical (unpaired) electrons. The first kappa shape index (κ1) is 18.5. The number of carbonyl (C=O) groups excluding carboxylic acids is 1. The quantitative estimate of drug-likeness (QED) is 0.719. The van der Waals surface area contributed by atoms with E-state index in [1.165, 1.54) is 0 Å². The van der Waals surface area contributed by atoms with E-state index in [-0.39, 0.29) is 5.91 Å². The molecule has 0 bridgehead atoms. The second kappa shape index (κ2) is 8.83. The summed E-state index contributed by atoms with van der Waals surface area (Å²) in [5.74, 6) is -0.0206. The smallest absolute Gasteiger partial charge is 0.270 e. The number of fused-ring (bicyclic) bond motifs is 1. The van der Waals surface area contributed by atoms with Crippen LogP contribution < -0.4 is 5.32 Å². The van der Waals surface area contributed by atoms with Crippen LogP contribution >= 0.6 is 0 Å². The van der Waals surface area contributed by atoms with Gasteiger partial charge in [0, 0.05) is 12.7 Å². The lowest BCUT2D eigenvalue weighted by Crippen LogP contribution is -2.28. The molecule has 0 aliphatic carbocycles. The van der Waals surface area contributed by atoms with Crippen molar-refractivity contribution in [2.24, 2.45) is 0 Å². The fourth-order valence-electron chi connectivity index (χ4n) is 3.02. The zero-order valence-electron chi connectivity index (χ0n) is 15.4. The van der Waals surface area contributed by atoms with Crippen LogP contribution in [-0.2, 0) is 6.42 Å². The van der Waals surface area contributed by atoms with E-state index in [4.69, 9.17) is 0 Å². The van der Waals surface area contributed by atoms with Crippen LogP contribution in [0.2, 0.25) is 0 Å². The molecule has 1 N–H and O–H groups in total. The van der Waals surface area contributed by atoms with E-state index in [0.29, 0.717) is 12.2 Å². The highest BCUT2D eigenvalue weighted by Crippen LogP contribution is 2.16. The first-order chi connectivity index (χ1) is 11.6.